The fourth-order valence-corrected chi connectivity index (χ4v) is 1.40. The molecule has 0 aromatic carbocycles. The van der Waals surface area contributed by atoms with Crippen LogP contribution in [0.15, 0.2) is 28.0 Å². The molecule has 0 aliphatic rings. The van der Waals surface area contributed by atoms with E-state index in [1.54, 1.807) is 6.07 Å². The monoisotopic (exact) mass is 261 g/mol. The summed E-state index contributed by atoms with van der Waals surface area (Å²) >= 11 is 0. The maximum absolute atomic E-state index is 11.7. The van der Waals surface area contributed by atoms with Crippen molar-refractivity contribution in [1.29, 1.82) is 0 Å². The highest BCUT2D eigenvalue weighted by Gasteiger charge is 2.17. The second kappa shape index (κ2) is 4.64. The van der Waals surface area contributed by atoms with Crippen LogP contribution in [-0.2, 0) is 0 Å². The number of amides is 1. The zero-order chi connectivity index (χ0) is 14.0. The van der Waals surface area contributed by atoms with Crippen molar-refractivity contribution >= 4 is 23.5 Å². The molecule has 2 rings (SSSR count). The normalized spacial score (nSPS) is 10.1. The van der Waals surface area contributed by atoms with E-state index in [2.05, 4.69) is 15.0 Å². The Morgan fingerprint density at radius 1 is 1.21 bits per heavy atom. The highest BCUT2D eigenvalue weighted by Crippen LogP contribution is 2.25. The summed E-state index contributed by atoms with van der Waals surface area (Å²) in [5.74, 6) is -1.28. The Bertz CT molecular complexity index is 644. The molecule has 9 nitrogen and oxygen atoms in total. The van der Waals surface area contributed by atoms with E-state index in [9.17, 15) is 4.79 Å². The third-order valence-corrected chi connectivity index (χ3v) is 2.18. The van der Waals surface area contributed by atoms with Crippen molar-refractivity contribution in [3.8, 4) is 11.3 Å². The number of aliphatic imine (C=N–C) groups is 1. The molecular formula is C10H11N7O2. The lowest BCUT2D eigenvalue weighted by Crippen LogP contribution is -2.25. The maximum atomic E-state index is 11.7. The number of guanidine groups is 1. The Labute approximate surface area is 107 Å². The van der Waals surface area contributed by atoms with E-state index < -0.39 is 11.9 Å². The summed E-state index contributed by atoms with van der Waals surface area (Å²) in [7, 11) is 0. The summed E-state index contributed by atoms with van der Waals surface area (Å²) in [6, 6.07) is 1.62. The Hall–Kier alpha value is -3.10. The molecule has 0 bridgehead atoms. The summed E-state index contributed by atoms with van der Waals surface area (Å²) in [6.07, 6.45) is 2.84. The predicted octanol–water partition coefficient (Wildman–Crippen LogP) is -0.685. The molecule has 8 N–H and O–H groups in total. The maximum Gasteiger partial charge on any atom is 0.302 e. The third kappa shape index (κ3) is 2.44. The van der Waals surface area contributed by atoms with E-state index in [1.807, 2.05) is 0 Å². The number of nitrogens with two attached hydrogens (primary N) is 4. The van der Waals surface area contributed by atoms with Gasteiger partial charge in [0.15, 0.2) is 23.3 Å². The van der Waals surface area contributed by atoms with Gasteiger partial charge >= 0.3 is 5.91 Å². The van der Waals surface area contributed by atoms with Crippen LogP contribution in [0.1, 0.15) is 10.5 Å². The summed E-state index contributed by atoms with van der Waals surface area (Å²) in [5.41, 5.74) is 22.1. The number of rotatable bonds is 2. The van der Waals surface area contributed by atoms with Crippen molar-refractivity contribution in [3.05, 3.63) is 24.3 Å². The van der Waals surface area contributed by atoms with E-state index in [-0.39, 0.29) is 23.0 Å². The van der Waals surface area contributed by atoms with Crippen LogP contribution in [0.2, 0.25) is 0 Å². The Morgan fingerprint density at radius 2 is 1.95 bits per heavy atom. The summed E-state index contributed by atoms with van der Waals surface area (Å²) in [5, 5.41) is 0. The molecule has 2 aromatic rings. The average molecular weight is 261 g/mol. The molecule has 0 unspecified atom stereocenters. The Balaban J connectivity index is 2.55. The molecule has 2 aromatic heterocycles. The van der Waals surface area contributed by atoms with Gasteiger partial charge in [-0.05, 0) is 6.07 Å². The molecule has 9 heteroatoms. The quantitative estimate of drug-likeness (QED) is 0.406. The standard InChI is InChI=1S/C10H11N7O2/c11-7-5(4-1-2-19-3-4)15-6(8(12)16-7)9(18)17-10(13)14/h1-3H,(H4,11,12,16)(H4,13,14,17,18). The van der Waals surface area contributed by atoms with Gasteiger partial charge in [-0.2, -0.15) is 4.99 Å². The van der Waals surface area contributed by atoms with Crippen LogP contribution in [0.5, 0.6) is 0 Å². The minimum Gasteiger partial charge on any atom is -0.472 e. The summed E-state index contributed by atoms with van der Waals surface area (Å²) in [6.45, 7) is 0. The van der Waals surface area contributed by atoms with Crippen LogP contribution in [0, 0.1) is 0 Å². The lowest BCUT2D eigenvalue weighted by Gasteiger charge is -2.06. The van der Waals surface area contributed by atoms with Gasteiger partial charge in [-0.25, -0.2) is 9.97 Å². The van der Waals surface area contributed by atoms with Crippen molar-refractivity contribution in [2.75, 3.05) is 11.5 Å². The molecule has 0 saturated heterocycles. The highest BCUT2D eigenvalue weighted by molar-refractivity contribution is 6.03. The topological polar surface area (TPSA) is 172 Å². The first kappa shape index (κ1) is 12.4. The van der Waals surface area contributed by atoms with E-state index >= 15 is 0 Å². The average Bonchev–Trinajstić information content (AvgIpc) is 2.81. The lowest BCUT2D eigenvalue weighted by molar-refractivity contribution is 0.0999. The molecular weight excluding hydrogens is 250 g/mol. The van der Waals surface area contributed by atoms with Crippen molar-refractivity contribution < 1.29 is 9.21 Å². The molecule has 0 aliphatic carbocycles. The molecule has 0 aliphatic heterocycles. The minimum absolute atomic E-state index is 0.0696. The van der Waals surface area contributed by atoms with Crippen LogP contribution in [-0.4, -0.2) is 21.8 Å². The van der Waals surface area contributed by atoms with Gasteiger partial charge in [-0.15, -0.1) is 0 Å². The van der Waals surface area contributed by atoms with Gasteiger partial charge in [0.2, 0.25) is 0 Å². The van der Waals surface area contributed by atoms with Crippen LogP contribution in [0.4, 0.5) is 11.6 Å². The highest BCUT2D eigenvalue weighted by atomic mass is 16.3. The Morgan fingerprint density at radius 3 is 2.53 bits per heavy atom. The number of furan rings is 1. The molecule has 2 heterocycles. The second-order valence-electron chi connectivity index (χ2n) is 3.55. The Kier molecular flexibility index (Phi) is 3.02. The smallest absolute Gasteiger partial charge is 0.302 e. The van der Waals surface area contributed by atoms with Crippen molar-refractivity contribution in [2.45, 2.75) is 0 Å². The van der Waals surface area contributed by atoms with Gasteiger partial charge in [0.05, 0.1) is 12.5 Å². The summed E-state index contributed by atoms with van der Waals surface area (Å²) in [4.78, 5) is 22.9. The van der Waals surface area contributed by atoms with Gasteiger partial charge in [-0.3, -0.25) is 4.79 Å². The first-order chi connectivity index (χ1) is 8.99. The number of carbonyl (C=O) groups is 1. The molecule has 0 spiro atoms. The van der Waals surface area contributed by atoms with Crippen molar-refractivity contribution in [2.24, 2.45) is 16.5 Å². The number of nitrogens with zero attached hydrogens (tertiary/aromatic N) is 3. The van der Waals surface area contributed by atoms with Gasteiger partial charge in [0.1, 0.15) is 5.69 Å². The van der Waals surface area contributed by atoms with Crippen molar-refractivity contribution in [1.82, 2.24) is 9.97 Å². The summed E-state index contributed by atoms with van der Waals surface area (Å²) < 4.78 is 4.91. The number of hydrogen-bond acceptors (Lipinski definition) is 6. The lowest BCUT2D eigenvalue weighted by atomic mass is 10.2. The fourth-order valence-electron chi connectivity index (χ4n) is 1.40. The predicted molar refractivity (Wildman–Crippen MR) is 68.7 cm³/mol. The molecule has 19 heavy (non-hydrogen) atoms. The number of nitrogen functional groups attached to an aromatic ring is 2. The molecule has 98 valence electrons. The van der Waals surface area contributed by atoms with Crippen LogP contribution in [0.3, 0.4) is 0 Å². The van der Waals surface area contributed by atoms with Crippen molar-refractivity contribution in [3.63, 3.8) is 0 Å². The number of hydrogen-bond donors (Lipinski definition) is 4. The zero-order valence-corrected chi connectivity index (χ0v) is 9.70. The molecule has 1 amide bonds. The zero-order valence-electron chi connectivity index (χ0n) is 9.70. The van der Waals surface area contributed by atoms with E-state index in [0.717, 1.165) is 0 Å². The second-order valence-corrected chi connectivity index (χ2v) is 3.55. The van der Waals surface area contributed by atoms with E-state index in [1.165, 1.54) is 12.5 Å². The van der Waals surface area contributed by atoms with Gasteiger partial charge < -0.3 is 27.4 Å². The fraction of sp³-hybridized carbons (Fsp3) is 0. The molecule has 0 fully saturated rings. The number of aromatic nitrogens is 2. The molecule has 0 atom stereocenters. The first-order valence-corrected chi connectivity index (χ1v) is 5.08. The van der Waals surface area contributed by atoms with E-state index in [4.69, 9.17) is 27.4 Å². The minimum atomic E-state index is -0.797. The van der Waals surface area contributed by atoms with E-state index in [0.29, 0.717) is 5.56 Å². The molecule has 0 saturated carbocycles. The third-order valence-electron chi connectivity index (χ3n) is 2.18. The number of anilines is 2. The van der Waals surface area contributed by atoms with Gasteiger partial charge in [0.25, 0.3) is 0 Å². The van der Waals surface area contributed by atoms with Gasteiger partial charge in [0, 0.05) is 5.56 Å². The van der Waals surface area contributed by atoms with Crippen LogP contribution < -0.4 is 22.9 Å². The van der Waals surface area contributed by atoms with Crippen LogP contribution >= 0.6 is 0 Å². The first-order valence-electron chi connectivity index (χ1n) is 5.08. The largest absolute Gasteiger partial charge is 0.472 e. The SMILES string of the molecule is NC(N)=NC(=O)c1nc(-c2ccoc2)c(N)nc1N. The van der Waals surface area contributed by atoms with Gasteiger partial charge in [-0.1, -0.05) is 0 Å². The van der Waals surface area contributed by atoms with Crippen LogP contribution in [0.25, 0.3) is 11.3 Å². The molecule has 0 radical (unpaired) electrons. The number of carbonyl (C=O) groups excluding carboxylic acids is 1.